The summed E-state index contributed by atoms with van der Waals surface area (Å²) >= 11 is 0. The van der Waals surface area contributed by atoms with Crippen molar-refractivity contribution in [1.82, 2.24) is 4.98 Å². The van der Waals surface area contributed by atoms with E-state index in [9.17, 15) is 0 Å². The zero-order chi connectivity index (χ0) is 9.84. The normalized spacial score (nSPS) is 9.38. The standard InChI is InChI=1S/C10H12N2O/c1-7(2)10-8(11-3)5-6-9(12-10)13-4/h5-6H,1,3H2,2,4H3. The summed E-state index contributed by atoms with van der Waals surface area (Å²) in [6.45, 7) is 9.13. The van der Waals surface area contributed by atoms with Crippen LogP contribution < -0.4 is 4.74 Å². The average Bonchev–Trinajstić information content (AvgIpc) is 2.16. The van der Waals surface area contributed by atoms with Gasteiger partial charge in [0.25, 0.3) is 0 Å². The van der Waals surface area contributed by atoms with Gasteiger partial charge in [-0.25, -0.2) is 4.98 Å². The second-order valence-corrected chi connectivity index (χ2v) is 2.66. The van der Waals surface area contributed by atoms with E-state index in [-0.39, 0.29) is 0 Å². The number of aliphatic imine (C=N–C) groups is 1. The molecule has 0 amide bonds. The fourth-order valence-corrected chi connectivity index (χ4v) is 0.989. The smallest absolute Gasteiger partial charge is 0.213 e. The predicted molar refractivity (Wildman–Crippen MR) is 54.7 cm³/mol. The number of hydrogen-bond donors (Lipinski definition) is 0. The van der Waals surface area contributed by atoms with Crippen LogP contribution in [0.3, 0.4) is 0 Å². The Balaban J connectivity index is 3.25. The van der Waals surface area contributed by atoms with Crippen molar-refractivity contribution in [2.24, 2.45) is 4.99 Å². The minimum atomic E-state index is 0.561. The van der Waals surface area contributed by atoms with Crippen molar-refractivity contribution in [3.8, 4) is 5.88 Å². The second-order valence-electron chi connectivity index (χ2n) is 2.66. The van der Waals surface area contributed by atoms with Crippen LogP contribution in [-0.2, 0) is 0 Å². The molecule has 1 aromatic heterocycles. The van der Waals surface area contributed by atoms with Crippen molar-refractivity contribution < 1.29 is 4.74 Å². The summed E-state index contributed by atoms with van der Waals surface area (Å²) in [4.78, 5) is 8.04. The maximum absolute atomic E-state index is 4.99. The molecule has 0 aliphatic heterocycles. The largest absolute Gasteiger partial charge is 0.481 e. The molecular formula is C10H12N2O. The van der Waals surface area contributed by atoms with E-state index < -0.39 is 0 Å². The Kier molecular flexibility index (Phi) is 2.80. The zero-order valence-electron chi connectivity index (χ0n) is 7.87. The molecule has 0 bridgehead atoms. The van der Waals surface area contributed by atoms with Crippen LogP contribution in [0.2, 0.25) is 0 Å². The number of allylic oxidation sites excluding steroid dienone is 1. The van der Waals surface area contributed by atoms with Gasteiger partial charge in [-0.05, 0) is 25.3 Å². The number of methoxy groups -OCH3 is 1. The molecule has 0 atom stereocenters. The topological polar surface area (TPSA) is 34.5 Å². The molecule has 0 aromatic carbocycles. The van der Waals surface area contributed by atoms with Crippen LogP contribution in [0.5, 0.6) is 5.88 Å². The molecule has 0 fully saturated rings. The molecular weight excluding hydrogens is 164 g/mol. The molecule has 0 aliphatic rings. The van der Waals surface area contributed by atoms with E-state index in [2.05, 4.69) is 23.3 Å². The van der Waals surface area contributed by atoms with E-state index in [0.29, 0.717) is 5.88 Å². The number of rotatable bonds is 3. The van der Waals surface area contributed by atoms with E-state index in [1.54, 1.807) is 13.2 Å². The molecule has 0 unspecified atom stereocenters. The molecule has 3 heteroatoms. The zero-order valence-corrected chi connectivity index (χ0v) is 7.87. The fraction of sp³-hybridized carbons (Fsp3) is 0.200. The van der Waals surface area contributed by atoms with E-state index >= 15 is 0 Å². The Hall–Kier alpha value is -1.64. The van der Waals surface area contributed by atoms with Crippen molar-refractivity contribution >= 4 is 18.0 Å². The molecule has 13 heavy (non-hydrogen) atoms. The first kappa shape index (κ1) is 9.45. The Labute approximate surface area is 77.8 Å². The molecule has 0 spiro atoms. The van der Waals surface area contributed by atoms with Crippen molar-refractivity contribution in [2.75, 3.05) is 7.11 Å². The molecule has 0 saturated carbocycles. The van der Waals surface area contributed by atoms with Crippen LogP contribution in [0.15, 0.2) is 23.7 Å². The lowest BCUT2D eigenvalue weighted by Crippen LogP contribution is -1.91. The highest BCUT2D eigenvalue weighted by molar-refractivity contribution is 5.70. The highest BCUT2D eigenvalue weighted by Gasteiger charge is 2.04. The van der Waals surface area contributed by atoms with Gasteiger partial charge in [-0.3, -0.25) is 4.99 Å². The van der Waals surface area contributed by atoms with Crippen LogP contribution in [0.1, 0.15) is 12.6 Å². The fourth-order valence-electron chi connectivity index (χ4n) is 0.989. The van der Waals surface area contributed by atoms with Gasteiger partial charge < -0.3 is 4.74 Å². The predicted octanol–water partition coefficient (Wildman–Crippen LogP) is 2.46. The molecule has 0 saturated heterocycles. The second kappa shape index (κ2) is 3.85. The third-order valence-corrected chi connectivity index (χ3v) is 1.63. The van der Waals surface area contributed by atoms with Gasteiger partial charge in [0, 0.05) is 6.07 Å². The number of hydrogen-bond acceptors (Lipinski definition) is 3. The quantitative estimate of drug-likeness (QED) is 0.663. The van der Waals surface area contributed by atoms with Gasteiger partial charge in [-0.2, -0.15) is 0 Å². The molecule has 1 rings (SSSR count). The summed E-state index contributed by atoms with van der Waals surface area (Å²) < 4.78 is 4.99. The third-order valence-electron chi connectivity index (χ3n) is 1.63. The first-order chi connectivity index (χ1) is 6.19. The number of pyridine rings is 1. The molecule has 1 heterocycles. The third kappa shape index (κ3) is 1.93. The van der Waals surface area contributed by atoms with Crippen LogP contribution in [-0.4, -0.2) is 18.8 Å². The van der Waals surface area contributed by atoms with E-state index in [1.165, 1.54) is 0 Å². The number of aromatic nitrogens is 1. The molecule has 0 radical (unpaired) electrons. The Morgan fingerprint density at radius 1 is 1.54 bits per heavy atom. The van der Waals surface area contributed by atoms with E-state index in [4.69, 9.17) is 4.74 Å². The summed E-state index contributed by atoms with van der Waals surface area (Å²) in [5.41, 5.74) is 2.31. The number of nitrogens with zero attached hydrogens (tertiary/aromatic N) is 2. The van der Waals surface area contributed by atoms with Gasteiger partial charge in [0.05, 0.1) is 18.5 Å². The summed E-state index contributed by atoms with van der Waals surface area (Å²) in [5, 5.41) is 0. The first-order valence-corrected chi connectivity index (χ1v) is 3.86. The lowest BCUT2D eigenvalue weighted by atomic mass is 10.2. The molecule has 3 nitrogen and oxygen atoms in total. The van der Waals surface area contributed by atoms with Crippen molar-refractivity contribution in [1.29, 1.82) is 0 Å². The summed E-state index contributed by atoms with van der Waals surface area (Å²) in [6.07, 6.45) is 0. The Morgan fingerprint density at radius 2 is 2.23 bits per heavy atom. The van der Waals surface area contributed by atoms with Crippen LogP contribution >= 0.6 is 0 Å². The van der Waals surface area contributed by atoms with Gasteiger partial charge in [0.15, 0.2) is 0 Å². The van der Waals surface area contributed by atoms with Crippen LogP contribution in [0, 0.1) is 0 Å². The minimum absolute atomic E-state index is 0.561. The summed E-state index contributed by atoms with van der Waals surface area (Å²) in [5.74, 6) is 0.561. The monoisotopic (exact) mass is 176 g/mol. The summed E-state index contributed by atoms with van der Waals surface area (Å²) in [7, 11) is 1.57. The molecule has 0 N–H and O–H groups in total. The van der Waals surface area contributed by atoms with Crippen LogP contribution in [0.4, 0.5) is 5.69 Å². The van der Waals surface area contributed by atoms with Gasteiger partial charge in [-0.1, -0.05) is 6.58 Å². The molecule has 1 aromatic rings. The maximum Gasteiger partial charge on any atom is 0.213 e. The Bertz CT molecular complexity index is 345. The first-order valence-electron chi connectivity index (χ1n) is 3.86. The van der Waals surface area contributed by atoms with Gasteiger partial charge in [0.2, 0.25) is 5.88 Å². The van der Waals surface area contributed by atoms with Crippen molar-refractivity contribution in [2.45, 2.75) is 6.92 Å². The molecule has 68 valence electrons. The summed E-state index contributed by atoms with van der Waals surface area (Å²) in [6, 6.07) is 3.55. The lowest BCUT2D eigenvalue weighted by Gasteiger charge is -2.05. The lowest BCUT2D eigenvalue weighted by molar-refractivity contribution is 0.397. The average molecular weight is 176 g/mol. The highest BCUT2D eigenvalue weighted by atomic mass is 16.5. The van der Waals surface area contributed by atoms with E-state index in [1.807, 2.05) is 13.0 Å². The molecule has 0 aliphatic carbocycles. The van der Waals surface area contributed by atoms with Gasteiger partial charge in [-0.15, -0.1) is 0 Å². The number of ether oxygens (including phenoxy) is 1. The van der Waals surface area contributed by atoms with Crippen LogP contribution in [0.25, 0.3) is 5.57 Å². The van der Waals surface area contributed by atoms with Gasteiger partial charge in [0.1, 0.15) is 0 Å². The van der Waals surface area contributed by atoms with Crippen molar-refractivity contribution in [3.63, 3.8) is 0 Å². The van der Waals surface area contributed by atoms with Crippen molar-refractivity contribution in [3.05, 3.63) is 24.4 Å². The minimum Gasteiger partial charge on any atom is -0.481 e. The Morgan fingerprint density at radius 3 is 2.69 bits per heavy atom. The van der Waals surface area contributed by atoms with Gasteiger partial charge >= 0.3 is 0 Å². The SMILES string of the molecule is C=Nc1ccc(OC)nc1C(=C)C. The highest BCUT2D eigenvalue weighted by Crippen LogP contribution is 2.25. The van der Waals surface area contributed by atoms with E-state index in [0.717, 1.165) is 17.0 Å². The maximum atomic E-state index is 4.99.